The van der Waals surface area contributed by atoms with Crippen LogP contribution in [0.5, 0.6) is 0 Å². The van der Waals surface area contributed by atoms with Crippen molar-refractivity contribution in [1.82, 2.24) is 4.57 Å². The van der Waals surface area contributed by atoms with Crippen LogP contribution in [-0.2, 0) is 22.5 Å². The molecular formula is C26H24ClN3O4. The predicted molar refractivity (Wildman–Crippen MR) is 129 cm³/mol. The summed E-state index contributed by atoms with van der Waals surface area (Å²) in [5.74, 6) is -1.35. The minimum absolute atomic E-state index is 0.250. The number of nitrogens with one attached hydrogen (secondary N) is 1. The number of rotatable bonds is 9. The van der Waals surface area contributed by atoms with Gasteiger partial charge in [0.25, 0.3) is 0 Å². The van der Waals surface area contributed by atoms with Gasteiger partial charge in [-0.2, -0.15) is 5.26 Å². The van der Waals surface area contributed by atoms with Crippen LogP contribution in [0.3, 0.4) is 0 Å². The standard InChI is InChI=1S/C26H24ClN3O4/c1-17-15-23(18(2)30(17)14-12-19-3-7-21(27)8-4-19)24(31)16-34-26(33)20-5-9-22(10-6-20)29-25(32)11-13-28/h3-10,15H,11-12,14,16H2,1-2H3,(H,29,32). The van der Waals surface area contributed by atoms with E-state index in [0.717, 1.165) is 23.4 Å². The van der Waals surface area contributed by atoms with Gasteiger partial charge in [-0.15, -0.1) is 0 Å². The Balaban J connectivity index is 1.57. The Morgan fingerprint density at radius 3 is 2.38 bits per heavy atom. The summed E-state index contributed by atoms with van der Waals surface area (Å²) in [5.41, 5.74) is 4.16. The Labute approximate surface area is 202 Å². The molecule has 3 rings (SSSR count). The molecule has 1 amide bonds. The highest BCUT2D eigenvalue weighted by molar-refractivity contribution is 6.30. The number of benzene rings is 2. The van der Waals surface area contributed by atoms with E-state index < -0.39 is 11.9 Å². The van der Waals surface area contributed by atoms with E-state index in [9.17, 15) is 14.4 Å². The third-order valence-electron chi connectivity index (χ3n) is 5.39. The van der Waals surface area contributed by atoms with Gasteiger partial charge in [0.15, 0.2) is 6.61 Å². The number of Topliss-reactive ketones (excluding diaryl/α,β-unsaturated/α-hetero) is 1. The number of carbonyl (C=O) groups is 3. The van der Waals surface area contributed by atoms with Crippen molar-refractivity contribution >= 4 is 34.9 Å². The molecule has 174 valence electrons. The summed E-state index contributed by atoms with van der Waals surface area (Å²) in [5, 5.41) is 11.8. The minimum atomic E-state index is -0.639. The van der Waals surface area contributed by atoms with Gasteiger partial charge in [-0.1, -0.05) is 23.7 Å². The molecule has 7 nitrogen and oxygen atoms in total. The number of halogens is 1. The number of carbonyl (C=O) groups excluding carboxylic acids is 3. The summed E-state index contributed by atoms with van der Waals surface area (Å²) < 4.78 is 7.28. The van der Waals surface area contributed by atoms with Crippen molar-refractivity contribution in [1.29, 1.82) is 5.26 Å². The van der Waals surface area contributed by atoms with Crippen molar-refractivity contribution in [3.05, 3.63) is 87.7 Å². The third-order valence-corrected chi connectivity index (χ3v) is 5.64. The number of aromatic nitrogens is 1. The Bertz CT molecular complexity index is 1240. The van der Waals surface area contributed by atoms with Gasteiger partial charge >= 0.3 is 5.97 Å². The van der Waals surface area contributed by atoms with Crippen molar-refractivity contribution < 1.29 is 19.1 Å². The number of amides is 1. The van der Waals surface area contributed by atoms with Gasteiger partial charge in [-0.05, 0) is 68.3 Å². The molecule has 2 aromatic carbocycles. The van der Waals surface area contributed by atoms with Crippen LogP contribution in [0.2, 0.25) is 5.02 Å². The molecule has 0 spiro atoms. The van der Waals surface area contributed by atoms with Crippen LogP contribution in [-0.4, -0.2) is 28.8 Å². The lowest BCUT2D eigenvalue weighted by Gasteiger charge is -2.10. The first-order valence-electron chi connectivity index (χ1n) is 10.7. The molecule has 0 unspecified atom stereocenters. The van der Waals surface area contributed by atoms with E-state index in [4.69, 9.17) is 21.6 Å². The largest absolute Gasteiger partial charge is 0.454 e. The number of anilines is 1. The Hall–Kier alpha value is -3.89. The van der Waals surface area contributed by atoms with Crippen molar-refractivity contribution in [3.63, 3.8) is 0 Å². The average Bonchev–Trinajstić information content (AvgIpc) is 3.10. The number of ether oxygens (including phenoxy) is 1. The fraction of sp³-hybridized carbons (Fsp3) is 0.231. The maximum Gasteiger partial charge on any atom is 0.338 e. The lowest BCUT2D eigenvalue weighted by atomic mass is 10.1. The molecule has 8 heteroatoms. The van der Waals surface area contributed by atoms with Gasteiger partial charge in [-0.25, -0.2) is 4.79 Å². The van der Waals surface area contributed by atoms with E-state index in [-0.39, 0.29) is 24.4 Å². The second-order valence-corrected chi connectivity index (χ2v) is 8.21. The van der Waals surface area contributed by atoms with E-state index in [1.165, 1.54) is 24.3 Å². The monoisotopic (exact) mass is 477 g/mol. The van der Waals surface area contributed by atoms with Crippen LogP contribution >= 0.6 is 11.6 Å². The lowest BCUT2D eigenvalue weighted by Crippen LogP contribution is -2.15. The lowest BCUT2D eigenvalue weighted by molar-refractivity contribution is -0.115. The maximum absolute atomic E-state index is 12.7. The minimum Gasteiger partial charge on any atom is -0.454 e. The number of hydrogen-bond acceptors (Lipinski definition) is 5. The zero-order chi connectivity index (χ0) is 24.7. The number of hydrogen-bond donors (Lipinski definition) is 1. The van der Waals surface area contributed by atoms with Gasteiger partial charge in [0.1, 0.15) is 6.42 Å². The molecular weight excluding hydrogens is 454 g/mol. The normalized spacial score (nSPS) is 10.4. The Morgan fingerprint density at radius 1 is 1.06 bits per heavy atom. The first kappa shape index (κ1) is 24.7. The molecule has 34 heavy (non-hydrogen) atoms. The molecule has 0 radical (unpaired) electrons. The number of ketones is 1. The highest BCUT2D eigenvalue weighted by Gasteiger charge is 2.18. The molecule has 1 heterocycles. The zero-order valence-electron chi connectivity index (χ0n) is 18.9. The van der Waals surface area contributed by atoms with E-state index in [1.54, 1.807) is 6.07 Å². The van der Waals surface area contributed by atoms with Crippen LogP contribution in [0.15, 0.2) is 54.6 Å². The molecule has 1 N–H and O–H groups in total. The topological polar surface area (TPSA) is 101 Å². The molecule has 0 fully saturated rings. The molecule has 0 saturated carbocycles. The first-order valence-corrected chi connectivity index (χ1v) is 11.0. The van der Waals surface area contributed by atoms with E-state index in [0.29, 0.717) is 22.8 Å². The van der Waals surface area contributed by atoms with E-state index >= 15 is 0 Å². The summed E-state index contributed by atoms with van der Waals surface area (Å²) in [6.45, 7) is 4.16. The number of nitrogens with zero attached hydrogens (tertiary/aromatic N) is 2. The molecule has 0 atom stereocenters. The number of nitriles is 1. The van der Waals surface area contributed by atoms with E-state index in [2.05, 4.69) is 9.88 Å². The van der Waals surface area contributed by atoms with Crippen LogP contribution in [0.1, 0.15) is 44.1 Å². The van der Waals surface area contributed by atoms with Gasteiger partial charge in [0.05, 0.1) is 11.6 Å². The number of esters is 1. The summed E-state index contributed by atoms with van der Waals surface area (Å²) in [4.78, 5) is 36.5. The number of aryl methyl sites for hydroxylation is 2. The highest BCUT2D eigenvalue weighted by Crippen LogP contribution is 2.18. The van der Waals surface area contributed by atoms with E-state index in [1.807, 2.05) is 44.2 Å². The summed E-state index contributed by atoms with van der Waals surface area (Å²) in [7, 11) is 0. The summed E-state index contributed by atoms with van der Waals surface area (Å²) in [6.07, 6.45) is 0.538. The smallest absolute Gasteiger partial charge is 0.338 e. The summed E-state index contributed by atoms with van der Waals surface area (Å²) >= 11 is 5.94. The summed E-state index contributed by atoms with van der Waals surface area (Å²) in [6, 6.07) is 17.3. The molecule has 1 aromatic heterocycles. The Kier molecular flexibility index (Phi) is 8.23. The predicted octanol–water partition coefficient (Wildman–Crippen LogP) is 4.89. The Morgan fingerprint density at radius 2 is 1.74 bits per heavy atom. The van der Waals surface area contributed by atoms with Crippen molar-refractivity contribution in [2.24, 2.45) is 0 Å². The van der Waals surface area contributed by atoms with Crippen LogP contribution in [0.25, 0.3) is 0 Å². The van der Waals surface area contributed by atoms with Gasteiger partial charge < -0.3 is 14.6 Å². The fourth-order valence-electron chi connectivity index (χ4n) is 3.58. The third kappa shape index (κ3) is 6.33. The highest BCUT2D eigenvalue weighted by atomic mass is 35.5. The fourth-order valence-corrected chi connectivity index (χ4v) is 3.70. The molecule has 0 saturated heterocycles. The zero-order valence-corrected chi connectivity index (χ0v) is 19.7. The van der Waals surface area contributed by atoms with Crippen LogP contribution < -0.4 is 5.32 Å². The van der Waals surface area contributed by atoms with Gasteiger partial charge in [-0.3, -0.25) is 9.59 Å². The molecule has 0 aliphatic carbocycles. The SMILES string of the molecule is Cc1cc(C(=O)COC(=O)c2ccc(NC(=O)CC#N)cc2)c(C)n1CCc1ccc(Cl)cc1. The van der Waals surface area contributed by atoms with Crippen molar-refractivity contribution in [3.8, 4) is 6.07 Å². The average molecular weight is 478 g/mol. The van der Waals surface area contributed by atoms with Crippen LogP contribution in [0.4, 0.5) is 5.69 Å². The molecule has 3 aromatic rings. The molecule has 0 bridgehead atoms. The second-order valence-electron chi connectivity index (χ2n) is 7.77. The van der Waals surface area contributed by atoms with Gasteiger partial charge in [0.2, 0.25) is 11.7 Å². The first-order chi connectivity index (χ1) is 16.3. The quantitative estimate of drug-likeness (QED) is 0.349. The van der Waals surface area contributed by atoms with Crippen molar-refractivity contribution in [2.75, 3.05) is 11.9 Å². The van der Waals surface area contributed by atoms with Gasteiger partial charge in [0, 0.05) is 34.2 Å². The van der Waals surface area contributed by atoms with Crippen LogP contribution in [0, 0.1) is 25.2 Å². The molecule has 0 aliphatic heterocycles. The second kappa shape index (κ2) is 11.3. The van der Waals surface area contributed by atoms with Crippen molar-refractivity contribution in [2.45, 2.75) is 33.2 Å². The maximum atomic E-state index is 12.7. The molecule has 0 aliphatic rings.